The average molecular weight is 343 g/mol. The number of carboxylic acid groups (broad SMARTS) is 1. The molecule has 6 nitrogen and oxygen atoms in total. The SMILES string of the molecule is COc1cc(OC)cc(C(C(=O)O)N(C(C)=O)c2ccc(C)cc2)c1. The Morgan fingerprint density at radius 2 is 1.52 bits per heavy atom. The highest BCUT2D eigenvalue weighted by Gasteiger charge is 2.31. The van der Waals surface area contributed by atoms with Crippen molar-refractivity contribution in [3.63, 3.8) is 0 Å². The third-order valence-corrected chi connectivity index (χ3v) is 3.83. The van der Waals surface area contributed by atoms with E-state index < -0.39 is 12.0 Å². The first-order valence-corrected chi connectivity index (χ1v) is 7.69. The summed E-state index contributed by atoms with van der Waals surface area (Å²) in [4.78, 5) is 25.5. The van der Waals surface area contributed by atoms with Crippen LogP contribution in [-0.2, 0) is 9.59 Å². The molecule has 0 bridgehead atoms. The number of nitrogens with zero attached hydrogens (tertiary/aromatic N) is 1. The quantitative estimate of drug-likeness (QED) is 0.872. The lowest BCUT2D eigenvalue weighted by atomic mass is 10.0. The number of methoxy groups -OCH3 is 2. The second-order valence-electron chi connectivity index (χ2n) is 5.61. The van der Waals surface area contributed by atoms with Crippen LogP contribution >= 0.6 is 0 Å². The summed E-state index contributed by atoms with van der Waals surface area (Å²) in [6.45, 7) is 3.26. The zero-order valence-electron chi connectivity index (χ0n) is 14.6. The van der Waals surface area contributed by atoms with Crippen molar-refractivity contribution in [1.29, 1.82) is 0 Å². The largest absolute Gasteiger partial charge is 0.497 e. The fourth-order valence-electron chi connectivity index (χ4n) is 2.61. The fourth-order valence-corrected chi connectivity index (χ4v) is 2.61. The monoisotopic (exact) mass is 343 g/mol. The van der Waals surface area contributed by atoms with Crippen LogP contribution in [-0.4, -0.2) is 31.2 Å². The van der Waals surface area contributed by atoms with Gasteiger partial charge < -0.3 is 14.6 Å². The van der Waals surface area contributed by atoms with E-state index >= 15 is 0 Å². The molecule has 25 heavy (non-hydrogen) atoms. The van der Waals surface area contributed by atoms with E-state index in [1.54, 1.807) is 30.3 Å². The molecule has 6 heteroatoms. The number of ether oxygens (including phenoxy) is 2. The Hall–Kier alpha value is -3.02. The molecule has 0 spiro atoms. The molecule has 1 amide bonds. The van der Waals surface area contributed by atoms with Crippen LogP contribution in [0, 0.1) is 6.92 Å². The van der Waals surface area contributed by atoms with Gasteiger partial charge in [-0.05, 0) is 36.8 Å². The lowest BCUT2D eigenvalue weighted by molar-refractivity contribution is -0.140. The summed E-state index contributed by atoms with van der Waals surface area (Å²) >= 11 is 0. The third-order valence-electron chi connectivity index (χ3n) is 3.83. The van der Waals surface area contributed by atoms with Gasteiger partial charge in [0.15, 0.2) is 6.04 Å². The lowest BCUT2D eigenvalue weighted by Gasteiger charge is -2.29. The summed E-state index contributed by atoms with van der Waals surface area (Å²) in [6.07, 6.45) is 0. The summed E-state index contributed by atoms with van der Waals surface area (Å²) < 4.78 is 10.4. The topological polar surface area (TPSA) is 76.1 Å². The van der Waals surface area contributed by atoms with Gasteiger partial charge in [-0.25, -0.2) is 4.79 Å². The second-order valence-corrected chi connectivity index (χ2v) is 5.61. The standard InChI is InChI=1S/C19H21NO5/c1-12-5-7-15(8-6-12)20(13(2)21)18(19(22)23)14-9-16(24-3)11-17(10-14)25-4/h5-11,18H,1-4H3,(H,22,23). The van der Waals surface area contributed by atoms with Crippen molar-refractivity contribution in [2.45, 2.75) is 19.9 Å². The van der Waals surface area contributed by atoms with Crippen LogP contribution in [0.5, 0.6) is 11.5 Å². The number of aryl methyl sites for hydroxylation is 1. The number of carbonyl (C=O) groups is 2. The van der Waals surface area contributed by atoms with Gasteiger partial charge in [0, 0.05) is 18.7 Å². The maximum Gasteiger partial charge on any atom is 0.331 e. The van der Waals surface area contributed by atoms with Crippen LogP contribution in [0.3, 0.4) is 0 Å². The van der Waals surface area contributed by atoms with Crippen molar-refractivity contribution in [3.05, 3.63) is 53.6 Å². The number of carbonyl (C=O) groups excluding carboxylic acids is 1. The molecule has 0 radical (unpaired) electrons. The van der Waals surface area contributed by atoms with Crippen LogP contribution in [0.1, 0.15) is 24.1 Å². The molecule has 0 aliphatic rings. The van der Waals surface area contributed by atoms with Gasteiger partial charge in [-0.15, -0.1) is 0 Å². The molecule has 0 aliphatic heterocycles. The van der Waals surface area contributed by atoms with Gasteiger partial charge in [0.1, 0.15) is 11.5 Å². The van der Waals surface area contributed by atoms with E-state index in [0.29, 0.717) is 22.7 Å². The molecule has 1 unspecified atom stereocenters. The number of benzene rings is 2. The first-order valence-electron chi connectivity index (χ1n) is 7.69. The minimum atomic E-state index is -1.20. The van der Waals surface area contributed by atoms with Gasteiger partial charge in [0.05, 0.1) is 14.2 Å². The van der Waals surface area contributed by atoms with E-state index in [-0.39, 0.29) is 5.91 Å². The molecule has 132 valence electrons. The van der Waals surface area contributed by atoms with E-state index in [9.17, 15) is 14.7 Å². The van der Waals surface area contributed by atoms with Gasteiger partial charge in [-0.3, -0.25) is 9.69 Å². The highest BCUT2D eigenvalue weighted by molar-refractivity contribution is 5.98. The van der Waals surface area contributed by atoms with Crippen molar-refractivity contribution in [1.82, 2.24) is 0 Å². The molecule has 0 aromatic heterocycles. The normalized spacial score (nSPS) is 11.5. The zero-order valence-corrected chi connectivity index (χ0v) is 14.6. The van der Waals surface area contributed by atoms with Crippen LogP contribution in [0.25, 0.3) is 0 Å². The minimum Gasteiger partial charge on any atom is -0.497 e. The van der Waals surface area contributed by atoms with Crippen molar-refractivity contribution in [2.24, 2.45) is 0 Å². The molecule has 0 aliphatic carbocycles. The molecule has 0 saturated carbocycles. The van der Waals surface area contributed by atoms with Gasteiger partial charge in [-0.1, -0.05) is 17.7 Å². The Morgan fingerprint density at radius 1 is 1.00 bits per heavy atom. The van der Waals surface area contributed by atoms with Crippen LogP contribution in [0.15, 0.2) is 42.5 Å². The average Bonchev–Trinajstić information content (AvgIpc) is 2.59. The number of aliphatic carboxylic acids is 1. The van der Waals surface area contributed by atoms with E-state index in [1.807, 2.05) is 19.1 Å². The van der Waals surface area contributed by atoms with Crippen molar-refractivity contribution in [3.8, 4) is 11.5 Å². The number of carboxylic acids is 1. The first-order chi connectivity index (χ1) is 11.9. The number of hydrogen-bond donors (Lipinski definition) is 1. The molecule has 2 aromatic carbocycles. The Morgan fingerprint density at radius 3 is 1.92 bits per heavy atom. The maximum absolute atomic E-state index is 12.3. The predicted molar refractivity (Wildman–Crippen MR) is 94.3 cm³/mol. The minimum absolute atomic E-state index is 0.377. The maximum atomic E-state index is 12.3. The lowest BCUT2D eigenvalue weighted by Crippen LogP contribution is -2.37. The smallest absolute Gasteiger partial charge is 0.331 e. The third kappa shape index (κ3) is 4.09. The Kier molecular flexibility index (Phi) is 5.64. The van der Waals surface area contributed by atoms with Crippen molar-refractivity contribution in [2.75, 3.05) is 19.1 Å². The Bertz CT molecular complexity index is 748. The highest BCUT2D eigenvalue weighted by Crippen LogP contribution is 2.33. The summed E-state index contributed by atoms with van der Waals surface area (Å²) in [5, 5.41) is 9.81. The molecule has 1 atom stereocenters. The van der Waals surface area contributed by atoms with Crippen LogP contribution < -0.4 is 14.4 Å². The fraction of sp³-hybridized carbons (Fsp3) is 0.263. The predicted octanol–water partition coefficient (Wildman–Crippen LogP) is 3.19. The number of hydrogen-bond acceptors (Lipinski definition) is 4. The zero-order chi connectivity index (χ0) is 18.6. The van der Waals surface area contributed by atoms with Gasteiger partial charge >= 0.3 is 5.97 Å². The van der Waals surface area contributed by atoms with Gasteiger partial charge in [-0.2, -0.15) is 0 Å². The van der Waals surface area contributed by atoms with E-state index in [4.69, 9.17) is 9.47 Å². The molecule has 1 N–H and O–H groups in total. The Labute approximate surface area is 146 Å². The second kappa shape index (κ2) is 7.70. The van der Waals surface area contributed by atoms with E-state index in [2.05, 4.69) is 0 Å². The van der Waals surface area contributed by atoms with E-state index in [0.717, 1.165) is 5.56 Å². The van der Waals surface area contributed by atoms with Crippen molar-refractivity contribution >= 4 is 17.6 Å². The van der Waals surface area contributed by atoms with Crippen molar-refractivity contribution < 1.29 is 24.2 Å². The molecular weight excluding hydrogens is 322 g/mol. The van der Waals surface area contributed by atoms with E-state index in [1.165, 1.54) is 26.0 Å². The molecule has 2 rings (SSSR count). The highest BCUT2D eigenvalue weighted by atomic mass is 16.5. The molecule has 2 aromatic rings. The number of rotatable bonds is 6. The van der Waals surface area contributed by atoms with Gasteiger partial charge in [0.25, 0.3) is 0 Å². The summed E-state index contributed by atoms with van der Waals surface area (Å²) in [5.74, 6) is -0.620. The van der Waals surface area contributed by atoms with Crippen LogP contribution in [0.4, 0.5) is 5.69 Å². The number of amides is 1. The molecule has 0 saturated heterocycles. The van der Waals surface area contributed by atoms with Crippen LogP contribution in [0.2, 0.25) is 0 Å². The van der Waals surface area contributed by atoms with Gasteiger partial charge in [0.2, 0.25) is 5.91 Å². The molecule has 0 fully saturated rings. The Balaban J connectivity index is 2.60. The summed E-state index contributed by atoms with van der Waals surface area (Å²) in [5.41, 5.74) is 1.91. The first kappa shape index (κ1) is 18.3. The molecular formula is C19H21NO5. The summed E-state index contributed by atoms with van der Waals surface area (Å²) in [7, 11) is 2.97. The number of anilines is 1. The summed E-state index contributed by atoms with van der Waals surface area (Å²) in [6, 6.07) is 10.7. The molecule has 0 heterocycles.